The van der Waals surface area contributed by atoms with Crippen LogP contribution in [0.5, 0.6) is 5.75 Å². The lowest BCUT2D eigenvalue weighted by Gasteiger charge is -2.10. The first-order valence-electron chi connectivity index (χ1n) is 9.88. The van der Waals surface area contributed by atoms with Gasteiger partial charge in [-0.1, -0.05) is 24.3 Å². The molecule has 0 saturated heterocycles. The number of benzene rings is 2. The van der Waals surface area contributed by atoms with E-state index in [1.54, 1.807) is 17.9 Å². The summed E-state index contributed by atoms with van der Waals surface area (Å²) in [7, 11) is 5.54. The van der Waals surface area contributed by atoms with Gasteiger partial charge < -0.3 is 9.64 Å². The maximum Gasteiger partial charge on any atom is 0.351 e. The summed E-state index contributed by atoms with van der Waals surface area (Å²) in [4.78, 5) is 15.3. The van der Waals surface area contributed by atoms with Crippen molar-refractivity contribution in [3.05, 3.63) is 82.2 Å². The average Bonchev–Trinajstić information content (AvgIpc) is 3.07. The predicted octanol–water partition coefficient (Wildman–Crippen LogP) is 2.72. The summed E-state index contributed by atoms with van der Waals surface area (Å²) >= 11 is 0. The maximum atomic E-state index is 13.3. The van der Waals surface area contributed by atoms with Crippen LogP contribution in [-0.2, 0) is 13.1 Å². The molecule has 0 radical (unpaired) electrons. The molecule has 8 nitrogen and oxygen atoms in total. The summed E-state index contributed by atoms with van der Waals surface area (Å²) in [5.41, 5.74) is 6.24. The lowest BCUT2D eigenvalue weighted by atomic mass is 10.1. The molecule has 0 unspecified atom stereocenters. The lowest BCUT2D eigenvalue weighted by Crippen LogP contribution is -2.26. The van der Waals surface area contributed by atoms with Gasteiger partial charge in [-0.15, -0.1) is 5.10 Å². The highest BCUT2D eigenvalue weighted by Crippen LogP contribution is 2.17. The third-order valence-electron chi connectivity index (χ3n) is 4.81. The first-order valence-corrected chi connectivity index (χ1v) is 9.88. The molecular formula is C23H28N6O2. The van der Waals surface area contributed by atoms with E-state index in [1.165, 1.54) is 4.68 Å². The Morgan fingerprint density at radius 2 is 2.00 bits per heavy atom. The summed E-state index contributed by atoms with van der Waals surface area (Å²) in [6.07, 6.45) is 1.77. The van der Waals surface area contributed by atoms with E-state index in [4.69, 9.17) is 4.74 Å². The number of allylic oxidation sites excluding steroid dienone is 1. The SMILES string of the molecule is C=NN/C=C(\C)c1ccc(-n2nc(CN(C)C)n(Cc3cccc(OC)c3)c2=O)cc1. The Hall–Kier alpha value is -3.65. The maximum absolute atomic E-state index is 13.3. The molecule has 1 aromatic heterocycles. The van der Waals surface area contributed by atoms with Gasteiger partial charge in [0.25, 0.3) is 0 Å². The number of nitrogens with one attached hydrogen (secondary N) is 1. The molecular weight excluding hydrogens is 392 g/mol. The number of methoxy groups -OCH3 is 1. The molecule has 8 heteroatoms. The molecule has 1 heterocycles. The van der Waals surface area contributed by atoms with Crippen LogP contribution in [0.3, 0.4) is 0 Å². The van der Waals surface area contributed by atoms with Gasteiger partial charge in [-0.25, -0.2) is 4.79 Å². The van der Waals surface area contributed by atoms with Crippen LogP contribution in [0.25, 0.3) is 11.3 Å². The zero-order valence-corrected chi connectivity index (χ0v) is 18.4. The summed E-state index contributed by atoms with van der Waals surface area (Å²) in [6.45, 7) is 6.33. The van der Waals surface area contributed by atoms with Crippen LogP contribution in [0.4, 0.5) is 0 Å². The summed E-state index contributed by atoms with van der Waals surface area (Å²) in [6, 6.07) is 15.4. The highest BCUT2D eigenvalue weighted by molar-refractivity contribution is 5.64. The van der Waals surface area contributed by atoms with E-state index in [9.17, 15) is 4.79 Å². The second-order valence-electron chi connectivity index (χ2n) is 7.45. The van der Waals surface area contributed by atoms with Crippen LogP contribution in [0.1, 0.15) is 23.9 Å². The third-order valence-corrected chi connectivity index (χ3v) is 4.81. The molecule has 0 amide bonds. The van der Waals surface area contributed by atoms with Crippen molar-refractivity contribution in [2.45, 2.75) is 20.0 Å². The normalized spacial score (nSPS) is 11.6. The molecule has 0 atom stereocenters. The Balaban J connectivity index is 1.98. The van der Waals surface area contributed by atoms with Gasteiger partial charge in [-0.3, -0.25) is 9.99 Å². The van der Waals surface area contributed by atoms with Gasteiger partial charge in [0.05, 0.1) is 25.9 Å². The van der Waals surface area contributed by atoms with Crippen LogP contribution >= 0.6 is 0 Å². The minimum absolute atomic E-state index is 0.183. The number of hydrogen-bond donors (Lipinski definition) is 1. The zero-order valence-electron chi connectivity index (χ0n) is 18.4. The number of rotatable bonds is 9. The lowest BCUT2D eigenvalue weighted by molar-refractivity contribution is 0.381. The van der Waals surface area contributed by atoms with E-state index in [0.717, 1.165) is 22.4 Å². The van der Waals surface area contributed by atoms with Crippen molar-refractivity contribution in [3.8, 4) is 11.4 Å². The smallest absolute Gasteiger partial charge is 0.351 e. The van der Waals surface area contributed by atoms with Crippen LogP contribution in [0, 0.1) is 0 Å². The fourth-order valence-electron chi connectivity index (χ4n) is 3.21. The van der Waals surface area contributed by atoms with E-state index in [1.807, 2.05) is 74.4 Å². The van der Waals surface area contributed by atoms with Crippen molar-refractivity contribution in [2.75, 3.05) is 21.2 Å². The Bertz CT molecular complexity index is 1130. The second-order valence-corrected chi connectivity index (χ2v) is 7.45. The van der Waals surface area contributed by atoms with Gasteiger partial charge in [-0.05, 0) is 62.0 Å². The predicted molar refractivity (Wildman–Crippen MR) is 124 cm³/mol. The topological polar surface area (TPSA) is 76.7 Å². The summed E-state index contributed by atoms with van der Waals surface area (Å²) < 4.78 is 8.46. The molecule has 2 aromatic carbocycles. The Kier molecular flexibility index (Phi) is 7.04. The van der Waals surface area contributed by atoms with Crippen LogP contribution in [0.15, 0.2) is 64.6 Å². The van der Waals surface area contributed by atoms with E-state index < -0.39 is 0 Å². The minimum atomic E-state index is -0.183. The second kappa shape index (κ2) is 9.90. The van der Waals surface area contributed by atoms with Gasteiger partial charge in [0.15, 0.2) is 0 Å². The van der Waals surface area contributed by atoms with Gasteiger partial charge in [0.2, 0.25) is 0 Å². The fraction of sp³-hybridized carbons (Fsp3) is 0.261. The minimum Gasteiger partial charge on any atom is -0.497 e. The molecule has 0 aliphatic carbocycles. The first-order chi connectivity index (χ1) is 14.9. The molecule has 0 spiro atoms. The molecule has 3 rings (SSSR count). The van der Waals surface area contributed by atoms with Gasteiger partial charge in [0.1, 0.15) is 11.6 Å². The summed E-state index contributed by atoms with van der Waals surface area (Å²) in [5, 5.41) is 8.24. The highest BCUT2D eigenvalue weighted by atomic mass is 16.5. The Morgan fingerprint density at radius 3 is 2.65 bits per heavy atom. The van der Waals surface area contributed by atoms with Gasteiger partial charge in [0, 0.05) is 12.9 Å². The third kappa shape index (κ3) is 5.29. The molecule has 162 valence electrons. The van der Waals surface area contributed by atoms with Crippen molar-refractivity contribution in [2.24, 2.45) is 5.10 Å². The van der Waals surface area contributed by atoms with E-state index in [-0.39, 0.29) is 5.69 Å². The first kappa shape index (κ1) is 22.0. The monoisotopic (exact) mass is 420 g/mol. The van der Waals surface area contributed by atoms with Crippen LogP contribution in [0.2, 0.25) is 0 Å². The molecule has 0 fully saturated rings. The van der Waals surface area contributed by atoms with Crippen LogP contribution in [-0.4, -0.2) is 47.2 Å². The molecule has 0 bridgehead atoms. The quantitative estimate of drug-likeness (QED) is 0.426. The number of hydrazone groups is 1. The van der Waals surface area contributed by atoms with Crippen molar-refractivity contribution >= 4 is 12.3 Å². The number of hydrogen-bond acceptors (Lipinski definition) is 6. The molecule has 1 N–H and O–H groups in total. The van der Waals surface area contributed by atoms with Crippen molar-refractivity contribution in [1.29, 1.82) is 0 Å². The van der Waals surface area contributed by atoms with Crippen molar-refractivity contribution in [3.63, 3.8) is 0 Å². The van der Waals surface area contributed by atoms with Crippen molar-refractivity contribution in [1.82, 2.24) is 24.7 Å². The molecule has 0 aliphatic rings. The van der Waals surface area contributed by atoms with Gasteiger partial charge >= 0.3 is 5.69 Å². The molecule has 0 aliphatic heterocycles. The summed E-state index contributed by atoms with van der Waals surface area (Å²) in [5.74, 6) is 1.45. The Morgan fingerprint density at radius 1 is 1.26 bits per heavy atom. The number of aromatic nitrogens is 3. The largest absolute Gasteiger partial charge is 0.497 e. The van der Waals surface area contributed by atoms with Gasteiger partial charge in [-0.2, -0.15) is 9.78 Å². The molecule has 0 saturated carbocycles. The Labute approximate surface area is 182 Å². The number of nitrogens with zero attached hydrogens (tertiary/aromatic N) is 5. The van der Waals surface area contributed by atoms with E-state index >= 15 is 0 Å². The molecule has 31 heavy (non-hydrogen) atoms. The molecule has 3 aromatic rings. The van der Waals surface area contributed by atoms with E-state index in [0.29, 0.717) is 24.6 Å². The number of ether oxygens (including phenoxy) is 1. The van der Waals surface area contributed by atoms with E-state index in [2.05, 4.69) is 22.3 Å². The van der Waals surface area contributed by atoms with Crippen LogP contribution < -0.4 is 15.9 Å². The standard InChI is InChI=1S/C23H28N6O2/c1-17(14-25-24-2)19-9-11-20(12-10-19)29-23(30)28(22(26-29)16-27(3)4)15-18-7-6-8-21(13-18)31-5/h6-14,25H,2,15-16H2,1,3-5H3/b17-14+. The zero-order chi connectivity index (χ0) is 22.4. The fourth-order valence-corrected chi connectivity index (χ4v) is 3.21. The average molecular weight is 421 g/mol. The highest BCUT2D eigenvalue weighted by Gasteiger charge is 2.16. The van der Waals surface area contributed by atoms with Crippen molar-refractivity contribution < 1.29 is 4.74 Å².